The number of hydrogen-bond acceptors (Lipinski definition) is 5. The summed E-state index contributed by atoms with van der Waals surface area (Å²) in [7, 11) is -1.18. The van der Waals surface area contributed by atoms with Crippen LogP contribution in [0.2, 0.25) is 0 Å². The minimum Gasteiger partial charge on any atom is -0.495 e. The minimum absolute atomic E-state index is 0.0809. The third-order valence-corrected chi connectivity index (χ3v) is 4.83. The molecule has 122 valence electrons. The van der Waals surface area contributed by atoms with Crippen molar-refractivity contribution < 1.29 is 22.7 Å². The van der Waals surface area contributed by atoms with Crippen molar-refractivity contribution in [2.45, 2.75) is 4.90 Å². The Morgan fingerprint density at radius 3 is 2.48 bits per heavy atom. The van der Waals surface area contributed by atoms with Crippen LogP contribution in [0.3, 0.4) is 0 Å². The lowest BCUT2D eigenvalue weighted by atomic mass is 10.2. The molecule has 0 heterocycles. The second-order valence-corrected chi connectivity index (χ2v) is 7.07. The van der Waals surface area contributed by atoms with Gasteiger partial charge in [0.25, 0.3) is 10.0 Å². The van der Waals surface area contributed by atoms with Crippen molar-refractivity contribution in [3.63, 3.8) is 0 Å². The molecule has 2 aromatic carbocycles. The molecule has 23 heavy (non-hydrogen) atoms. The lowest BCUT2D eigenvalue weighted by Gasteiger charge is -2.13. The maximum Gasteiger partial charge on any atom is 0.337 e. The predicted octanol–water partition coefficient (Wildman–Crippen LogP) is 3.05. The number of benzene rings is 2. The number of ether oxygens (including phenoxy) is 2. The van der Waals surface area contributed by atoms with E-state index in [1.807, 2.05) is 0 Å². The summed E-state index contributed by atoms with van der Waals surface area (Å²) in [5.74, 6) is -0.285. The van der Waals surface area contributed by atoms with Crippen molar-refractivity contribution in [3.05, 3.63) is 52.5 Å². The van der Waals surface area contributed by atoms with Gasteiger partial charge in [0.05, 0.1) is 30.4 Å². The van der Waals surface area contributed by atoms with Crippen LogP contribution in [0.4, 0.5) is 5.69 Å². The second kappa shape index (κ2) is 7.01. The van der Waals surface area contributed by atoms with E-state index in [0.29, 0.717) is 4.47 Å². The molecule has 0 unspecified atom stereocenters. The van der Waals surface area contributed by atoms with E-state index in [9.17, 15) is 13.2 Å². The maximum atomic E-state index is 12.5. The van der Waals surface area contributed by atoms with Gasteiger partial charge in [-0.3, -0.25) is 4.72 Å². The van der Waals surface area contributed by atoms with Gasteiger partial charge in [-0.2, -0.15) is 0 Å². The Hall–Kier alpha value is -2.06. The van der Waals surface area contributed by atoms with Gasteiger partial charge in [-0.05, 0) is 36.4 Å². The molecule has 1 N–H and O–H groups in total. The Morgan fingerprint density at radius 2 is 1.87 bits per heavy atom. The van der Waals surface area contributed by atoms with Crippen molar-refractivity contribution in [3.8, 4) is 5.75 Å². The van der Waals surface area contributed by atoms with Gasteiger partial charge in [0.2, 0.25) is 0 Å². The van der Waals surface area contributed by atoms with Crippen LogP contribution in [0.1, 0.15) is 10.4 Å². The molecule has 6 nitrogen and oxygen atoms in total. The number of rotatable bonds is 5. The van der Waals surface area contributed by atoms with Crippen LogP contribution in [0.25, 0.3) is 0 Å². The van der Waals surface area contributed by atoms with E-state index in [1.165, 1.54) is 44.6 Å². The zero-order chi connectivity index (χ0) is 17.0. The SMILES string of the molecule is COC(=O)c1ccc(OC)c(NS(=O)(=O)c2cccc(Br)c2)c1. The van der Waals surface area contributed by atoms with Crippen molar-refractivity contribution in [2.24, 2.45) is 0 Å². The zero-order valence-electron chi connectivity index (χ0n) is 12.4. The highest BCUT2D eigenvalue weighted by Gasteiger charge is 2.18. The van der Waals surface area contributed by atoms with Gasteiger partial charge >= 0.3 is 5.97 Å². The number of carbonyl (C=O) groups excluding carboxylic acids is 1. The predicted molar refractivity (Wildman–Crippen MR) is 89.3 cm³/mol. The van der Waals surface area contributed by atoms with Crippen LogP contribution in [0.5, 0.6) is 5.75 Å². The molecule has 0 saturated carbocycles. The molecule has 0 amide bonds. The van der Waals surface area contributed by atoms with Crippen LogP contribution in [0.15, 0.2) is 51.8 Å². The third-order valence-electron chi connectivity index (χ3n) is 2.97. The third kappa shape index (κ3) is 4.02. The van der Waals surface area contributed by atoms with Gasteiger partial charge in [0.15, 0.2) is 0 Å². The fourth-order valence-corrected chi connectivity index (χ4v) is 3.53. The summed E-state index contributed by atoms with van der Waals surface area (Å²) < 4.78 is 37.8. The fourth-order valence-electron chi connectivity index (χ4n) is 1.87. The molecule has 0 atom stereocenters. The molecule has 0 saturated heterocycles. The molecule has 0 aliphatic carbocycles. The summed E-state index contributed by atoms with van der Waals surface area (Å²) in [5.41, 5.74) is 0.357. The van der Waals surface area contributed by atoms with Gasteiger partial charge in [-0.1, -0.05) is 22.0 Å². The highest BCUT2D eigenvalue weighted by Crippen LogP contribution is 2.28. The highest BCUT2D eigenvalue weighted by molar-refractivity contribution is 9.10. The molecule has 0 aliphatic rings. The average molecular weight is 400 g/mol. The topological polar surface area (TPSA) is 81.7 Å². The molecule has 2 rings (SSSR count). The first-order valence-corrected chi connectivity index (χ1v) is 8.69. The summed E-state index contributed by atoms with van der Waals surface area (Å²) in [6.07, 6.45) is 0. The molecule has 0 fully saturated rings. The van der Waals surface area contributed by atoms with Gasteiger partial charge in [-0.25, -0.2) is 13.2 Å². The average Bonchev–Trinajstić information content (AvgIpc) is 2.53. The monoisotopic (exact) mass is 399 g/mol. The highest BCUT2D eigenvalue weighted by atomic mass is 79.9. The molecule has 0 radical (unpaired) electrons. The molecule has 0 bridgehead atoms. The van der Waals surface area contributed by atoms with Crippen LogP contribution in [-0.2, 0) is 14.8 Å². The fraction of sp³-hybridized carbons (Fsp3) is 0.133. The number of halogens is 1. The maximum absolute atomic E-state index is 12.5. The Balaban J connectivity index is 2.43. The second-order valence-electron chi connectivity index (χ2n) is 4.47. The van der Waals surface area contributed by atoms with E-state index >= 15 is 0 Å². The van der Waals surface area contributed by atoms with Crippen LogP contribution in [0, 0.1) is 0 Å². The largest absolute Gasteiger partial charge is 0.495 e. The van der Waals surface area contributed by atoms with Crippen molar-refractivity contribution in [1.82, 2.24) is 0 Å². The quantitative estimate of drug-likeness (QED) is 0.781. The smallest absolute Gasteiger partial charge is 0.337 e. The lowest BCUT2D eigenvalue weighted by Crippen LogP contribution is -2.14. The van der Waals surface area contributed by atoms with E-state index in [4.69, 9.17) is 4.74 Å². The van der Waals surface area contributed by atoms with Crippen LogP contribution in [-0.4, -0.2) is 28.6 Å². The number of carbonyl (C=O) groups is 1. The van der Waals surface area contributed by atoms with E-state index < -0.39 is 16.0 Å². The van der Waals surface area contributed by atoms with E-state index in [0.717, 1.165) is 0 Å². The molecule has 0 spiro atoms. The summed E-state index contributed by atoms with van der Waals surface area (Å²) in [6.45, 7) is 0. The summed E-state index contributed by atoms with van der Waals surface area (Å²) in [5, 5.41) is 0. The summed E-state index contributed by atoms with van der Waals surface area (Å²) in [6, 6.07) is 10.6. The van der Waals surface area contributed by atoms with Crippen LogP contribution >= 0.6 is 15.9 Å². The first kappa shape index (κ1) is 17.3. The van der Waals surface area contributed by atoms with E-state index in [2.05, 4.69) is 25.4 Å². The van der Waals surface area contributed by atoms with Gasteiger partial charge in [0.1, 0.15) is 5.75 Å². The van der Waals surface area contributed by atoms with Crippen LogP contribution < -0.4 is 9.46 Å². The molecule has 2 aromatic rings. The summed E-state index contributed by atoms with van der Waals surface area (Å²) >= 11 is 3.23. The van der Waals surface area contributed by atoms with Gasteiger partial charge in [-0.15, -0.1) is 0 Å². The standard InChI is InChI=1S/C15H14BrNO5S/c1-21-14-7-6-10(15(18)22-2)8-13(14)17-23(19,20)12-5-3-4-11(16)9-12/h3-9,17H,1-2H3. The number of esters is 1. The molecule has 8 heteroatoms. The molecular formula is C15H14BrNO5S. The Labute approximate surface area is 142 Å². The first-order chi connectivity index (χ1) is 10.9. The minimum atomic E-state index is -3.83. The van der Waals surface area contributed by atoms with Gasteiger partial charge in [0, 0.05) is 4.47 Å². The normalized spacial score (nSPS) is 10.9. The molecular weight excluding hydrogens is 386 g/mol. The van der Waals surface area contributed by atoms with E-state index in [-0.39, 0.29) is 21.9 Å². The number of sulfonamides is 1. The molecule has 0 aliphatic heterocycles. The number of anilines is 1. The first-order valence-electron chi connectivity index (χ1n) is 6.42. The van der Waals surface area contributed by atoms with Gasteiger partial charge < -0.3 is 9.47 Å². The Morgan fingerprint density at radius 1 is 1.13 bits per heavy atom. The number of hydrogen-bond donors (Lipinski definition) is 1. The zero-order valence-corrected chi connectivity index (χ0v) is 14.8. The Kier molecular flexibility index (Phi) is 5.27. The van der Waals surface area contributed by atoms with Crippen molar-refractivity contribution in [1.29, 1.82) is 0 Å². The van der Waals surface area contributed by atoms with Crippen molar-refractivity contribution >= 4 is 37.6 Å². The van der Waals surface area contributed by atoms with Crippen molar-refractivity contribution in [2.75, 3.05) is 18.9 Å². The van der Waals surface area contributed by atoms with E-state index in [1.54, 1.807) is 12.1 Å². The lowest BCUT2D eigenvalue weighted by molar-refractivity contribution is 0.0600. The summed E-state index contributed by atoms with van der Waals surface area (Å²) in [4.78, 5) is 11.7. The number of methoxy groups -OCH3 is 2. The molecule has 0 aromatic heterocycles. The number of nitrogens with one attached hydrogen (secondary N) is 1. The Bertz CT molecular complexity index is 836.